The quantitative estimate of drug-likeness (QED) is 0.687. The Morgan fingerprint density at radius 2 is 1.81 bits per heavy atom. The molecule has 0 spiro atoms. The molecule has 0 bridgehead atoms. The van der Waals surface area contributed by atoms with Gasteiger partial charge in [-0.25, -0.2) is 9.59 Å². The fourth-order valence-corrected chi connectivity index (χ4v) is 3.61. The van der Waals surface area contributed by atoms with Gasteiger partial charge in [-0.3, -0.25) is 4.90 Å². The van der Waals surface area contributed by atoms with Crippen LogP contribution in [-0.2, 0) is 4.74 Å². The molecular formula is C22H24F3N3O4. The molecule has 1 fully saturated rings. The molecule has 1 unspecified atom stereocenters. The van der Waals surface area contributed by atoms with Crippen molar-refractivity contribution in [3.63, 3.8) is 0 Å². The number of benzene rings is 2. The van der Waals surface area contributed by atoms with E-state index in [4.69, 9.17) is 4.74 Å². The zero-order valence-corrected chi connectivity index (χ0v) is 17.5. The molecule has 1 heterocycles. The predicted molar refractivity (Wildman–Crippen MR) is 113 cm³/mol. The summed E-state index contributed by atoms with van der Waals surface area (Å²) in [6, 6.07) is 13.5. The number of methoxy groups -OCH3 is 1. The molecule has 1 N–H and O–H groups in total. The summed E-state index contributed by atoms with van der Waals surface area (Å²) in [7, 11) is 1.33. The van der Waals surface area contributed by atoms with Crippen LogP contribution in [0.1, 0.15) is 12.8 Å². The van der Waals surface area contributed by atoms with Crippen molar-refractivity contribution in [3.8, 4) is 5.75 Å². The fourth-order valence-electron chi connectivity index (χ4n) is 3.61. The zero-order chi connectivity index (χ0) is 23.1. The first-order valence-electron chi connectivity index (χ1n) is 10.1. The number of alkyl halides is 3. The van der Waals surface area contributed by atoms with E-state index in [0.717, 1.165) is 25.0 Å². The normalized spacial score (nSPS) is 16.2. The SMILES string of the molecule is COC(=O)N1CCCC(CN(C(=O)Nc2ccc(OC(F)(F)F)cc2)c2ccccc2)C1. The molecule has 2 aromatic carbocycles. The summed E-state index contributed by atoms with van der Waals surface area (Å²) >= 11 is 0. The van der Waals surface area contributed by atoms with Crippen molar-refractivity contribution in [1.82, 2.24) is 4.90 Å². The molecule has 7 nitrogen and oxygen atoms in total. The molecule has 0 aromatic heterocycles. The highest BCUT2D eigenvalue weighted by Crippen LogP contribution is 2.26. The van der Waals surface area contributed by atoms with Gasteiger partial charge in [0.25, 0.3) is 0 Å². The van der Waals surface area contributed by atoms with Crippen molar-refractivity contribution >= 4 is 23.5 Å². The van der Waals surface area contributed by atoms with Crippen molar-refractivity contribution < 1.29 is 32.2 Å². The summed E-state index contributed by atoms with van der Waals surface area (Å²) in [6.07, 6.45) is -3.54. The van der Waals surface area contributed by atoms with E-state index in [0.29, 0.717) is 31.0 Å². The number of likely N-dealkylation sites (tertiary alicyclic amines) is 1. The highest BCUT2D eigenvalue weighted by Gasteiger charge is 2.31. The molecule has 1 saturated heterocycles. The van der Waals surface area contributed by atoms with Gasteiger partial charge >= 0.3 is 18.5 Å². The number of para-hydroxylation sites is 1. The summed E-state index contributed by atoms with van der Waals surface area (Å²) in [5, 5.41) is 2.71. The summed E-state index contributed by atoms with van der Waals surface area (Å²) in [5.74, 6) is -0.336. The van der Waals surface area contributed by atoms with E-state index in [1.807, 2.05) is 6.07 Å². The number of halogens is 3. The molecule has 0 radical (unpaired) electrons. The molecule has 3 rings (SSSR count). The monoisotopic (exact) mass is 451 g/mol. The number of anilines is 2. The Labute approximate surface area is 183 Å². The van der Waals surface area contributed by atoms with Gasteiger partial charge in [-0.05, 0) is 55.2 Å². The van der Waals surface area contributed by atoms with Crippen LogP contribution in [0.5, 0.6) is 5.75 Å². The Bertz CT molecular complexity index is 907. The Hall–Kier alpha value is -3.43. The van der Waals surface area contributed by atoms with E-state index < -0.39 is 18.5 Å². The first-order chi connectivity index (χ1) is 15.2. The summed E-state index contributed by atoms with van der Waals surface area (Å²) in [6.45, 7) is 1.43. The van der Waals surface area contributed by atoms with Gasteiger partial charge in [0.2, 0.25) is 0 Å². The molecule has 0 saturated carbocycles. The number of carbonyl (C=O) groups is 2. The van der Waals surface area contributed by atoms with Crippen molar-refractivity contribution in [1.29, 1.82) is 0 Å². The minimum Gasteiger partial charge on any atom is -0.453 e. The van der Waals surface area contributed by atoms with Crippen LogP contribution in [0.3, 0.4) is 0 Å². The van der Waals surface area contributed by atoms with Crippen LogP contribution in [-0.4, -0.2) is 50.1 Å². The Kier molecular flexibility index (Phi) is 7.45. The third-order valence-corrected chi connectivity index (χ3v) is 5.04. The number of hydrogen-bond acceptors (Lipinski definition) is 4. The number of urea groups is 1. The van der Waals surface area contributed by atoms with Gasteiger partial charge in [-0.2, -0.15) is 0 Å². The number of rotatable bonds is 5. The molecule has 10 heteroatoms. The molecule has 2 aromatic rings. The highest BCUT2D eigenvalue weighted by molar-refractivity contribution is 6.01. The molecular weight excluding hydrogens is 427 g/mol. The predicted octanol–water partition coefficient (Wildman–Crippen LogP) is 5.10. The second-order valence-electron chi connectivity index (χ2n) is 7.37. The fraction of sp³-hybridized carbons (Fsp3) is 0.364. The number of amides is 3. The number of piperidine rings is 1. The number of ether oxygens (including phenoxy) is 2. The van der Waals surface area contributed by atoms with E-state index >= 15 is 0 Å². The van der Waals surface area contributed by atoms with E-state index in [-0.39, 0.29) is 11.7 Å². The number of nitrogens with one attached hydrogen (secondary N) is 1. The van der Waals surface area contributed by atoms with Crippen LogP contribution in [0.4, 0.5) is 34.1 Å². The first kappa shape index (κ1) is 23.2. The van der Waals surface area contributed by atoms with Gasteiger partial charge in [0, 0.05) is 31.0 Å². The van der Waals surface area contributed by atoms with Gasteiger partial charge in [0.1, 0.15) is 5.75 Å². The van der Waals surface area contributed by atoms with Gasteiger partial charge in [-0.15, -0.1) is 13.2 Å². The molecule has 1 aliphatic heterocycles. The maximum atomic E-state index is 13.1. The number of nitrogens with zero attached hydrogens (tertiary/aromatic N) is 2. The lowest BCUT2D eigenvalue weighted by Crippen LogP contribution is -2.46. The van der Waals surface area contributed by atoms with E-state index in [1.54, 1.807) is 34.1 Å². The lowest BCUT2D eigenvalue weighted by atomic mass is 9.97. The van der Waals surface area contributed by atoms with Crippen LogP contribution < -0.4 is 15.0 Å². The number of hydrogen-bond donors (Lipinski definition) is 1. The minimum atomic E-state index is -4.78. The molecule has 1 aliphatic rings. The van der Waals surface area contributed by atoms with E-state index in [9.17, 15) is 22.8 Å². The Morgan fingerprint density at radius 1 is 1.12 bits per heavy atom. The van der Waals surface area contributed by atoms with Crippen LogP contribution in [0.15, 0.2) is 54.6 Å². The lowest BCUT2D eigenvalue weighted by molar-refractivity contribution is -0.274. The largest absolute Gasteiger partial charge is 0.573 e. The van der Waals surface area contributed by atoms with Crippen LogP contribution in [0.2, 0.25) is 0 Å². The molecule has 0 aliphatic carbocycles. The topological polar surface area (TPSA) is 71.1 Å². The van der Waals surface area contributed by atoms with Crippen molar-refractivity contribution in [3.05, 3.63) is 54.6 Å². The first-order valence-corrected chi connectivity index (χ1v) is 10.1. The van der Waals surface area contributed by atoms with Gasteiger partial charge < -0.3 is 19.7 Å². The third kappa shape index (κ3) is 6.53. The average Bonchev–Trinajstić information content (AvgIpc) is 2.78. The minimum absolute atomic E-state index is 0.0383. The highest BCUT2D eigenvalue weighted by atomic mass is 19.4. The Morgan fingerprint density at radius 3 is 2.44 bits per heavy atom. The van der Waals surface area contributed by atoms with Gasteiger partial charge in [-0.1, -0.05) is 18.2 Å². The van der Waals surface area contributed by atoms with Crippen LogP contribution in [0.25, 0.3) is 0 Å². The standard InChI is InChI=1S/C22H24F3N3O4/c1-31-21(30)27-13-5-6-16(14-27)15-28(18-7-3-2-4-8-18)20(29)26-17-9-11-19(12-10-17)32-22(23,24)25/h2-4,7-12,16H,5-6,13-15H2,1H3,(H,26,29). The van der Waals surface area contributed by atoms with Crippen LogP contribution in [0, 0.1) is 5.92 Å². The smallest absolute Gasteiger partial charge is 0.453 e. The molecule has 3 amide bonds. The van der Waals surface area contributed by atoms with Crippen molar-refractivity contribution in [2.75, 3.05) is 37.0 Å². The second-order valence-corrected chi connectivity index (χ2v) is 7.37. The summed E-state index contributed by atoms with van der Waals surface area (Å²) in [5.41, 5.74) is 0.988. The molecule has 172 valence electrons. The van der Waals surface area contributed by atoms with E-state index in [1.165, 1.54) is 19.2 Å². The lowest BCUT2D eigenvalue weighted by Gasteiger charge is -2.35. The zero-order valence-electron chi connectivity index (χ0n) is 17.5. The number of carbonyl (C=O) groups excluding carboxylic acids is 2. The molecule has 1 atom stereocenters. The molecule has 32 heavy (non-hydrogen) atoms. The van der Waals surface area contributed by atoms with Crippen molar-refractivity contribution in [2.24, 2.45) is 5.92 Å². The van der Waals surface area contributed by atoms with Gasteiger partial charge in [0.15, 0.2) is 0 Å². The maximum Gasteiger partial charge on any atom is 0.573 e. The Balaban J connectivity index is 1.71. The van der Waals surface area contributed by atoms with Gasteiger partial charge in [0.05, 0.1) is 7.11 Å². The average molecular weight is 451 g/mol. The van der Waals surface area contributed by atoms with Crippen LogP contribution >= 0.6 is 0 Å². The van der Waals surface area contributed by atoms with E-state index in [2.05, 4.69) is 10.1 Å². The maximum absolute atomic E-state index is 13.1. The summed E-state index contributed by atoms with van der Waals surface area (Å²) < 4.78 is 45.7. The second kappa shape index (κ2) is 10.3. The third-order valence-electron chi connectivity index (χ3n) is 5.04. The van der Waals surface area contributed by atoms with Crippen molar-refractivity contribution in [2.45, 2.75) is 19.2 Å². The summed E-state index contributed by atoms with van der Waals surface area (Å²) in [4.78, 5) is 28.1.